The summed E-state index contributed by atoms with van der Waals surface area (Å²) in [5.41, 5.74) is 4.85. The Morgan fingerprint density at radius 1 is 1.12 bits per heavy atom. The van der Waals surface area contributed by atoms with Crippen LogP contribution in [0.3, 0.4) is 0 Å². The van der Waals surface area contributed by atoms with Crippen molar-refractivity contribution in [3.05, 3.63) is 66.4 Å². The van der Waals surface area contributed by atoms with E-state index in [0.29, 0.717) is 12.4 Å². The number of aromatic amines is 1. The molecule has 168 valence electrons. The first-order valence-electron chi connectivity index (χ1n) is 11.0. The summed E-state index contributed by atoms with van der Waals surface area (Å²) in [6.07, 6.45) is 2.83. The molecule has 3 aromatic rings. The molecule has 0 aliphatic heterocycles. The van der Waals surface area contributed by atoms with Gasteiger partial charge in [-0.15, -0.1) is 10.2 Å². The maximum absolute atomic E-state index is 12.0. The Morgan fingerprint density at radius 3 is 2.38 bits per heavy atom. The molecule has 32 heavy (non-hydrogen) atoms. The average Bonchev–Trinajstić information content (AvgIpc) is 3.32. The number of hydrogen-bond acceptors (Lipinski definition) is 5. The first kappa shape index (κ1) is 23.2. The number of H-pyrrole nitrogens is 1. The summed E-state index contributed by atoms with van der Waals surface area (Å²) in [5.74, 6) is -0.306. The van der Waals surface area contributed by atoms with Gasteiger partial charge in [0.25, 0.3) is 0 Å². The minimum absolute atomic E-state index is 0.0352. The van der Waals surface area contributed by atoms with Gasteiger partial charge in [0.05, 0.1) is 0 Å². The highest BCUT2D eigenvalue weighted by Crippen LogP contribution is 2.30. The molecule has 0 aliphatic carbocycles. The first-order valence-corrected chi connectivity index (χ1v) is 11.0. The number of tetrazole rings is 1. The van der Waals surface area contributed by atoms with Gasteiger partial charge < -0.3 is 10.0 Å². The Hall–Kier alpha value is -3.48. The number of aromatic nitrogens is 4. The number of carbonyl (C=O) groups is 1. The SMILES string of the molecule is C=C(CCCC)N(Cc1ccc(-c2ccccc2-c2nn[nH]n2)cc1)[C@H](C(=O)O)C(C)C. The quantitative estimate of drug-likeness (QED) is 0.434. The molecule has 1 aromatic heterocycles. The fraction of sp³-hybridized carbons (Fsp3) is 0.360. The van der Waals surface area contributed by atoms with E-state index in [1.807, 2.05) is 67.3 Å². The highest BCUT2D eigenvalue weighted by Gasteiger charge is 2.29. The van der Waals surface area contributed by atoms with Crippen molar-refractivity contribution in [1.29, 1.82) is 0 Å². The van der Waals surface area contributed by atoms with Gasteiger partial charge in [-0.05, 0) is 40.7 Å². The van der Waals surface area contributed by atoms with Crippen molar-refractivity contribution in [1.82, 2.24) is 25.5 Å². The number of carboxylic acid groups (broad SMARTS) is 1. The van der Waals surface area contributed by atoms with Gasteiger partial charge in [-0.2, -0.15) is 5.21 Å². The molecule has 0 saturated heterocycles. The number of nitrogens with one attached hydrogen (secondary N) is 1. The summed E-state index contributed by atoms with van der Waals surface area (Å²) in [4.78, 5) is 14.0. The van der Waals surface area contributed by atoms with Gasteiger partial charge in [-0.25, -0.2) is 4.79 Å². The largest absolute Gasteiger partial charge is 0.480 e. The smallest absolute Gasteiger partial charge is 0.326 e. The lowest BCUT2D eigenvalue weighted by Gasteiger charge is -2.35. The molecule has 2 aromatic carbocycles. The van der Waals surface area contributed by atoms with Crippen LogP contribution in [-0.2, 0) is 11.3 Å². The van der Waals surface area contributed by atoms with Crippen molar-refractivity contribution in [2.24, 2.45) is 5.92 Å². The molecule has 0 saturated carbocycles. The van der Waals surface area contributed by atoms with Crippen LogP contribution < -0.4 is 0 Å². The molecule has 3 rings (SSSR count). The highest BCUT2D eigenvalue weighted by atomic mass is 16.4. The normalized spacial score (nSPS) is 12.0. The van der Waals surface area contributed by atoms with Crippen molar-refractivity contribution >= 4 is 5.97 Å². The zero-order valence-corrected chi connectivity index (χ0v) is 19.0. The number of rotatable bonds is 11. The predicted molar refractivity (Wildman–Crippen MR) is 126 cm³/mol. The highest BCUT2D eigenvalue weighted by molar-refractivity contribution is 5.80. The van der Waals surface area contributed by atoms with Gasteiger partial charge in [-0.3, -0.25) is 0 Å². The second kappa shape index (κ2) is 10.7. The molecule has 0 bridgehead atoms. The maximum atomic E-state index is 12.0. The number of hydrogen-bond donors (Lipinski definition) is 2. The van der Waals surface area contributed by atoms with Crippen molar-refractivity contribution in [2.45, 2.75) is 52.6 Å². The summed E-state index contributed by atoms with van der Waals surface area (Å²) in [6, 6.07) is 15.5. The molecule has 1 heterocycles. The lowest BCUT2D eigenvalue weighted by molar-refractivity contribution is -0.144. The summed E-state index contributed by atoms with van der Waals surface area (Å²) >= 11 is 0. The molecule has 1 atom stereocenters. The Kier molecular flexibility index (Phi) is 7.76. The van der Waals surface area contributed by atoms with Crippen LogP contribution >= 0.6 is 0 Å². The Labute approximate surface area is 189 Å². The van der Waals surface area contributed by atoms with Crippen LogP contribution in [-0.4, -0.2) is 42.6 Å². The lowest BCUT2D eigenvalue weighted by Crippen LogP contribution is -2.43. The predicted octanol–water partition coefficient (Wildman–Crippen LogP) is 5.15. The Balaban J connectivity index is 1.87. The van der Waals surface area contributed by atoms with E-state index in [2.05, 4.69) is 34.1 Å². The molecule has 0 spiro atoms. The molecular weight excluding hydrogens is 402 g/mol. The lowest BCUT2D eigenvalue weighted by atomic mass is 9.97. The summed E-state index contributed by atoms with van der Waals surface area (Å²) in [5, 5.41) is 24.3. The van der Waals surface area contributed by atoms with Crippen molar-refractivity contribution in [2.75, 3.05) is 0 Å². The molecule has 0 fully saturated rings. The second-order valence-electron chi connectivity index (χ2n) is 8.30. The average molecular weight is 434 g/mol. The molecule has 0 amide bonds. The van der Waals surface area contributed by atoms with Gasteiger partial charge in [0.2, 0.25) is 5.82 Å². The molecule has 2 N–H and O–H groups in total. The number of nitrogens with zero attached hydrogens (tertiary/aromatic N) is 4. The molecule has 0 unspecified atom stereocenters. The monoisotopic (exact) mass is 433 g/mol. The topological polar surface area (TPSA) is 95.0 Å². The standard InChI is InChI=1S/C25H31N5O2/c1-5-6-9-18(4)30(23(17(2)3)25(31)32)16-19-12-14-20(15-13-19)21-10-7-8-11-22(21)24-26-28-29-27-24/h7-8,10-15,17,23H,4-6,9,16H2,1-3H3,(H,31,32)(H,26,27,28,29)/t23-/m0/s1. The fourth-order valence-electron chi connectivity index (χ4n) is 3.90. The third kappa shape index (κ3) is 5.41. The van der Waals surface area contributed by atoms with Gasteiger partial charge in [0.15, 0.2) is 0 Å². The number of benzene rings is 2. The molecule has 7 nitrogen and oxygen atoms in total. The van der Waals surface area contributed by atoms with E-state index in [1.54, 1.807) is 0 Å². The van der Waals surface area contributed by atoms with E-state index in [0.717, 1.165) is 47.2 Å². The molecular formula is C25H31N5O2. The zero-order chi connectivity index (χ0) is 23.1. The molecule has 0 radical (unpaired) electrons. The van der Waals surface area contributed by atoms with E-state index in [9.17, 15) is 9.90 Å². The number of aliphatic carboxylic acids is 1. The Bertz CT molecular complexity index is 1030. The van der Waals surface area contributed by atoms with E-state index < -0.39 is 12.0 Å². The van der Waals surface area contributed by atoms with Crippen LogP contribution in [0, 0.1) is 5.92 Å². The minimum atomic E-state index is -0.816. The van der Waals surface area contributed by atoms with Gasteiger partial charge >= 0.3 is 5.97 Å². The maximum Gasteiger partial charge on any atom is 0.326 e. The fourth-order valence-corrected chi connectivity index (χ4v) is 3.90. The number of allylic oxidation sites excluding steroid dienone is 1. The Morgan fingerprint density at radius 2 is 1.81 bits per heavy atom. The van der Waals surface area contributed by atoms with Crippen LogP contribution in [0.15, 0.2) is 60.8 Å². The minimum Gasteiger partial charge on any atom is -0.480 e. The third-order valence-corrected chi connectivity index (χ3v) is 5.58. The van der Waals surface area contributed by atoms with Crippen LogP contribution in [0.2, 0.25) is 0 Å². The van der Waals surface area contributed by atoms with Crippen LogP contribution in [0.4, 0.5) is 0 Å². The van der Waals surface area contributed by atoms with E-state index in [1.165, 1.54) is 0 Å². The van der Waals surface area contributed by atoms with Crippen LogP contribution in [0.1, 0.15) is 45.6 Å². The summed E-state index contributed by atoms with van der Waals surface area (Å²) < 4.78 is 0. The van der Waals surface area contributed by atoms with Gasteiger partial charge in [0, 0.05) is 17.8 Å². The molecule has 7 heteroatoms. The first-order chi connectivity index (χ1) is 15.4. The van der Waals surface area contributed by atoms with Crippen molar-refractivity contribution in [3.8, 4) is 22.5 Å². The van der Waals surface area contributed by atoms with Crippen molar-refractivity contribution in [3.63, 3.8) is 0 Å². The van der Waals surface area contributed by atoms with Gasteiger partial charge in [-0.1, -0.05) is 82.3 Å². The zero-order valence-electron chi connectivity index (χ0n) is 19.0. The third-order valence-electron chi connectivity index (χ3n) is 5.58. The second-order valence-corrected chi connectivity index (χ2v) is 8.30. The van der Waals surface area contributed by atoms with Crippen LogP contribution in [0.25, 0.3) is 22.5 Å². The summed E-state index contributed by atoms with van der Waals surface area (Å²) in [6.45, 7) is 10.7. The van der Waals surface area contributed by atoms with E-state index in [4.69, 9.17) is 0 Å². The van der Waals surface area contributed by atoms with E-state index >= 15 is 0 Å². The number of unbranched alkanes of at least 4 members (excludes halogenated alkanes) is 1. The van der Waals surface area contributed by atoms with Crippen molar-refractivity contribution < 1.29 is 9.90 Å². The summed E-state index contributed by atoms with van der Waals surface area (Å²) in [7, 11) is 0. The van der Waals surface area contributed by atoms with E-state index in [-0.39, 0.29) is 5.92 Å². The van der Waals surface area contributed by atoms with Crippen LogP contribution in [0.5, 0.6) is 0 Å². The number of carboxylic acids is 1. The molecule has 0 aliphatic rings. The van der Waals surface area contributed by atoms with Gasteiger partial charge in [0.1, 0.15) is 6.04 Å².